The van der Waals surface area contributed by atoms with Crippen molar-refractivity contribution >= 4 is 44.9 Å². The third-order valence-corrected chi connectivity index (χ3v) is 4.54. The maximum absolute atomic E-state index is 12.4. The lowest BCUT2D eigenvalue weighted by atomic mass is 9.86. The summed E-state index contributed by atoms with van der Waals surface area (Å²) in [4.78, 5) is 25.7. The summed E-state index contributed by atoms with van der Waals surface area (Å²) in [6.07, 6.45) is 1.14. The molecule has 0 amide bonds. The zero-order valence-electron chi connectivity index (χ0n) is 9.97. The van der Waals surface area contributed by atoms with Gasteiger partial charge in [0, 0.05) is 15.8 Å². The SMILES string of the molecule is COC(=O)C1CCc2sc3nnc(Cl)cc3c2C1=O. The molecule has 0 bridgehead atoms. The molecule has 7 heteroatoms. The molecule has 0 radical (unpaired) electrons. The number of hydrogen-bond donors (Lipinski definition) is 0. The molecule has 3 rings (SSSR count). The number of Topliss-reactive ketones (excluding diaryl/α,β-unsaturated/α-hetero) is 1. The van der Waals surface area contributed by atoms with Gasteiger partial charge in [-0.3, -0.25) is 9.59 Å². The first-order valence-corrected chi connectivity index (χ1v) is 6.88. The van der Waals surface area contributed by atoms with Crippen LogP contribution in [0, 0.1) is 5.92 Å². The molecule has 1 aliphatic carbocycles. The number of aromatic nitrogens is 2. The average Bonchev–Trinajstić information content (AvgIpc) is 2.76. The molecule has 5 nitrogen and oxygen atoms in total. The van der Waals surface area contributed by atoms with Gasteiger partial charge < -0.3 is 4.74 Å². The Morgan fingerprint density at radius 3 is 3.05 bits per heavy atom. The molecular weight excluding hydrogens is 288 g/mol. The number of carbonyl (C=O) groups excluding carboxylic acids is 2. The van der Waals surface area contributed by atoms with Crippen LogP contribution in [-0.2, 0) is 16.0 Å². The summed E-state index contributed by atoms with van der Waals surface area (Å²) in [5, 5.41) is 8.66. The molecule has 0 aliphatic heterocycles. The predicted octanol–water partition coefficient (Wildman–Crippen LogP) is 2.26. The Kier molecular flexibility index (Phi) is 2.99. The van der Waals surface area contributed by atoms with Crippen LogP contribution in [0.5, 0.6) is 0 Å². The van der Waals surface area contributed by atoms with E-state index in [9.17, 15) is 9.59 Å². The number of rotatable bonds is 1. The smallest absolute Gasteiger partial charge is 0.316 e. The van der Waals surface area contributed by atoms with Crippen LogP contribution in [0.2, 0.25) is 5.15 Å². The fraction of sp³-hybridized carbons (Fsp3) is 0.333. The molecule has 1 unspecified atom stereocenters. The molecule has 2 aromatic rings. The molecule has 19 heavy (non-hydrogen) atoms. The van der Waals surface area contributed by atoms with E-state index in [0.717, 1.165) is 4.88 Å². The number of carbonyl (C=O) groups is 2. The molecule has 0 fully saturated rings. The number of methoxy groups -OCH3 is 1. The number of fused-ring (bicyclic) bond motifs is 3. The first kappa shape index (κ1) is 12.5. The van der Waals surface area contributed by atoms with Crippen LogP contribution in [0.1, 0.15) is 21.7 Å². The number of halogens is 1. The summed E-state index contributed by atoms with van der Waals surface area (Å²) >= 11 is 7.25. The van der Waals surface area contributed by atoms with Crippen molar-refractivity contribution in [3.8, 4) is 0 Å². The van der Waals surface area contributed by atoms with Gasteiger partial charge in [0.15, 0.2) is 10.9 Å². The summed E-state index contributed by atoms with van der Waals surface area (Å²) < 4.78 is 4.68. The maximum Gasteiger partial charge on any atom is 0.316 e. The number of thiophene rings is 1. The molecule has 0 N–H and O–H groups in total. The minimum absolute atomic E-state index is 0.205. The van der Waals surface area contributed by atoms with Crippen LogP contribution in [-0.4, -0.2) is 29.1 Å². The molecule has 0 saturated heterocycles. The van der Waals surface area contributed by atoms with E-state index in [-0.39, 0.29) is 10.9 Å². The van der Waals surface area contributed by atoms with Crippen molar-refractivity contribution in [3.63, 3.8) is 0 Å². The second-order valence-corrected chi connectivity index (χ2v) is 5.74. The van der Waals surface area contributed by atoms with Crippen molar-refractivity contribution in [2.24, 2.45) is 5.92 Å². The fourth-order valence-corrected chi connectivity index (χ4v) is 3.59. The molecule has 98 valence electrons. The minimum Gasteiger partial charge on any atom is -0.468 e. The highest BCUT2D eigenvalue weighted by Crippen LogP contribution is 2.37. The van der Waals surface area contributed by atoms with Gasteiger partial charge in [-0.1, -0.05) is 11.6 Å². The van der Waals surface area contributed by atoms with Gasteiger partial charge in [0.25, 0.3) is 0 Å². The molecule has 2 heterocycles. The van der Waals surface area contributed by atoms with Crippen LogP contribution >= 0.6 is 22.9 Å². The molecule has 1 atom stereocenters. The van der Waals surface area contributed by atoms with Crippen molar-refractivity contribution in [1.29, 1.82) is 0 Å². The Bertz CT molecular complexity index is 698. The number of ether oxygens (including phenoxy) is 1. The summed E-state index contributed by atoms with van der Waals surface area (Å²) in [6, 6.07) is 1.62. The minimum atomic E-state index is -0.720. The predicted molar refractivity (Wildman–Crippen MR) is 70.6 cm³/mol. The van der Waals surface area contributed by atoms with Crippen LogP contribution in [0.3, 0.4) is 0 Å². The lowest BCUT2D eigenvalue weighted by Gasteiger charge is -2.18. The largest absolute Gasteiger partial charge is 0.468 e. The molecule has 0 saturated carbocycles. The standard InChI is InChI=1S/C12H9ClN2O3S/c1-18-12(17)5-2-3-7-9(10(5)16)6-4-8(13)14-15-11(6)19-7/h4-5H,2-3H2,1H3. The summed E-state index contributed by atoms with van der Waals surface area (Å²) in [5.41, 5.74) is 0.554. The zero-order chi connectivity index (χ0) is 13.6. The number of ketones is 1. The van der Waals surface area contributed by atoms with Gasteiger partial charge in [0.05, 0.1) is 7.11 Å². The van der Waals surface area contributed by atoms with E-state index in [2.05, 4.69) is 14.9 Å². The Hall–Kier alpha value is -1.53. The Labute approximate surface area is 117 Å². The quantitative estimate of drug-likeness (QED) is 0.596. The van der Waals surface area contributed by atoms with Crippen LogP contribution in [0.4, 0.5) is 0 Å². The first-order valence-electron chi connectivity index (χ1n) is 5.68. The van der Waals surface area contributed by atoms with Gasteiger partial charge in [0.1, 0.15) is 10.7 Å². The van der Waals surface area contributed by atoms with Gasteiger partial charge in [0.2, 0.25) is 0 Å². The van der Waals surface area contributed by atoms with E-state index in [1.54, 1.807) is 6.07 Å². The number of esters is 1. The van der Waals surface area contributed by atoms with E-state index in [0.29, 0.717) is 28.6 Å². The van der Waals surface area contributed by atoms with Crippen LogP contribution < -0.4 is 0 Å². The van der Waals surface area contributed by atoms with Gasteiger partial charge in [-0.15, -0.1) is 21.5 Å². The van der Waals surface area contributed by atoms with E-state index in [1.807, 2.05) is 0 Å². The fourth-order valence-electron chi connectivity index (χ4n) is 2.32. The molecular formula is C12H9ClN2O3S. The lowest BCUT2D eigenvalue weighted by molar-refractivity contribution is -0.143. The van der Waals surface area contributed by atoms with E-state index < -0.39 is 11.9 Å². The first-order chi connectivity index (χ1) is 9.11. The van der Waals surface area contributed by atoms with Gasteiger partial charge in [-0.2, -0.15) is 0 Å². The molecule has 1 aliphatic rings. The Balaban J connectivity index is 2.16. The van der Waals surface area contributed by atoms with Crippen molar-refractivity contribution in [2.45, 2.75) is 12.8 Å². The lowest BCUT2D eigenvalue weighted by Crippen LogP contribution is -2.29. The normalized spacial score (nSPS) is 18.4. The number of nitrogens with zero attached hydrogens (tertiary/aromatic N) is 2. The Morgan fingerprint density at radius 2 is 2.32 bits per heavy atom. The van der Waals surface area contributed by atoms with E-state index in [4.69, 9.17) is 11.6 Å². The van der Waals surface area contributed by atoms with Crippen molar-refractivity contribution in [3.05, 3.63) is 21.7 Å². The monoisotopic (exact) mass is 296 g/mol. The third-order valence-electron chi connectivity index (χ3n) is 3.21. The van der Waals surface area contributed by atoms with Crippen LogP contribution in [0.15, 0.2) is 6.07 Å². The van der Waals surface area contributed by atoms with Crippen LogP contribution in [0.25, 0.3) is 10.2 Å². The molecule has 0 aromatic carbocycles. The number of aryl methyl sites for hydroxylation is 1. The number of hydrogen-bond acceptors (Lipinski definition) is 6. The van der Waals surface area contributed by atoms with Crippen molar-refractivity contribution in [1.82, 2.24) is 10.2 Å². The Morgan fingerprint density at radius 1 is 1.53 bits per heavy atom. The average molecular weight is 297 g/mol. The summed E-state index contributed by atoms with van der Waals surface area (Å²) in [6.45, 7) is 0. The highest BCUT2D eigenvalue weighted by atomic mass is 35.5. The molecule has 0 spiro atoms. The van der Waals surface area contributed by atoms with E-state index >= 15 is 0 Å². The third kappa shape index (κ3) is 1.91. The van der Waals surface area contributed by atoms with Crippen molar-refractivity contribution in [2.75, 3.05) is 7.11 Å². The second kappa shape index (κ2) is 4.54. The zero-order valence-corrected chi connectivity index (χ0v) is 11.5. The highest BCUT2D eigenvalue weighted by molar-refractivity contribution is 7.19. The second-order valence-electron chi connectivity index (χ2n) is 4.26. The highest BCUT2D eigenvalue weighted by Gasteiger charge is 2.36. The van der Waals surface area contributed by atoms with Gasteiger partial charge in [-0.25, -0.2) is 0 Å². The maximum atomic E-state index is 12.4. The molecule has 2 aromatic heterocycles. The topological polar surface area (TPSA) is 69.2 Å². The van der Waals surface area contributed by atoms with Gasteiger partial charge in [-0.05, 0) is 18.9 Å². The van der Waals surface area contributed by atoms with Gasteiger partial charge >= 0.3 is 5.97 Å². The summed E-state index contributed by atoms with van der Waals surface area (Å²) in [5.74, 6) is -1.41. The van der Waals surface area contributed by atoms with E-state index in [1.165, 1.54) is 18.4 Å². The van der Waals surface area contributed by atoms with Crippen molar-refractivity contribution < 1.29 is 14.3 Å². The summed E-state index contributed by atoms with van der Waals surface area (Å²) in [7, 11) is 1.29.